The first-order valence-electron chi connectivity index (χ1n) is 10.9. The topological polar surface area (TPSA) is 26.3 Å². The van der Waals surface area contributed by atoms with Gasteiger partial charge in [-0.05, 0) is 29.7 Å². The molecule has 2 aromatic rings. The molecule has 0 heterocycles. The van der Waals surface area contributed by atoms with Gasteiger partial charge in [0, 0.05) is 11.6 Å². The first-order chi connectivity index (χ1) is 14.2. The Hall–Kier alpha value is -1.89. The second kappa shape index (κ2) is 14.1. The first kappa shape index (κ1) is 23.4. The van der Waals surface area contributed by atoms with Crippen molar-refractivity contribution in [2.75, 3.05) is 6.61 Å². The van der Waals surface area contributed by atoms with Crippen molar-refractivity contribution in [3.63, 3.8) is 0 Å². The van der Waals surface area contributed by atoms with Crippen LogP contribution in [0.25, 0.3) is 12.2 Å². The third kappa shape index (κ3) is 10.5. The fourth-order valence-corrected chi connectivity index (χ4v) is 4.53. The molecule has 0 radical (unpaired) electrons. The monoisotopic (exact) mass is 410 g/mol. The second-order valence-electron chi connectivity index (χ2n) is 7.41. The molecular weight excluding hydrogens is 375 g/mol. The number of hydrogen-bond acceptors (Lipinski definition) is 2. The van der Waals surface area contributed by atoms with Crippen molar-refractivity contribution < 1.29 is 9.09 Å². The SMILES string of the molecule is CCCCCCCCCCOP(=O)(C=Cc1ccccc1)C=Cc1ccccc1. The highest BCUT2D eigenvalue weighted by Gasteiger charge is 2.15. The summed E-state index contributed by atoms with van der Waals surface area (Å²) in [6.45, 7) is 2.78. The van der Waals surface area contributed by atoms with Crippen LogP contribution in [0.4, 0.5) is 0 Å². The third-order valence-corrected chi connectivity index (χ3v) is 6.56. The summed E-state index contributed by atoms with van der Waals surface area (Å²) >= 11 is 0. The lowest BCUT2D eigenvalue weighted by Crippen LogP contribution is -1.91. The van der Waals surface area contributed by atoms with Crippen LogP contribution in [0.15, 0.2) is 72.3 Å². The van der Waals surface area contributed by atoms with E-state index in [2.05, 4.69) is 6.92 Å². The first-order valence-corrected chi connectivity index (χ1v) is 12.7. The maximum atomic E-state index is 13.4. The lowest BCUT2D eigenvalue weighted by atomic mass is 10.1. The zero-order chi connectivity index (χ0) is 20.6. The molecule has 3 heteroatoms. The van der Waals surface area contributed by atoms with Gasteiger partial charge in [0.25, 0.3) is 0 Å². The van der Waals surface area contributed by atoms with Crippen molar-refractivity contribution in [3.05, 3.63) is 83.4 Å². The van der Waals surface area contributed by atoms with E-state index in [-0.39, 0.29) is 0 Å². The summed E-state index contributed by atoms with van der Waals surface area (Å²) in [5.74, 6) is 3.46. The predicted molar refractivity (Wildman–Crippen MR) is 127 cm³/mol. The lowest BCUT2D eigenvalue weighted by molar-refractivity contribution is 0.312. The molecule has 0 atom stereocenters. The molecule has 0 fully saturated rings. The van der Waals surface area contributed by atoms with Crippen LogP contribution < -0.4 is 0 Å². The smallest absolute Gasteiger partial charge is 0.247 e. The molecule has 156 valence electrons. The number of hydrogen-bond donors (Lipinski definition) is 0. The van der Waals surface area contributed by atoms with E-state index in [4.69, 9.17) is 4.52 Å². The van der Waals surface area contributed by atoms with Gasteiger partial charge in [0.15, 0.2) is 0 Å². The van der Waals surface area contributed by atoms with E-state index in [0.29, 0.717) is 6.61 Å². The van der Waals surface area contributed by atoms with E-state index in [1.54, 1.807) is 11.6 Å². The van der Waals surface area contributed by atoms with Gasteiger partial charge in [0.1, 0.15) is 0 Å². The minimum absolute atomic E-state index is 0.532. The van der Waals surface area contributed by atoms with Crippen LogP contribution in [0.1, 0.15) is 69.4 Å². The number of benzene rings is 2. The molecule has 2 rings (SSSR count). The van der Waals surface area contributed by atoms with Crippen LogP contribution in [0.5, 0.6) is 0 Å². The molecule has 0 aliphatic heterocycles. The summed E-state index contributed by atoms with van der Waals surface area (Å²) in [6.07, 6.45) is 13.7. The maximum absolute atomic E-state index is 13.4. The highest BCUT2D eigenvalue weighted by atomic mass is 31.2. The highest BCUT2D eigenvalue weighted by molar-refractivity contribution is 7.65. The molecule has 0 N–H and O–H groups in total. The Morgan fingerprint density at radius 1 is 0.690 bits per heavy atom. The standard InChI is InChI=1S/C26H35O2P/c1-2-3-4-5-6-7-8-15-22-28-29(27,23-20-25-16-11-9-12-17-25)24-21-26-18-13-10-14-19-26/h9-14,16-21,23-24H,2-8,15,22H2,1H3. The quantitative estimate of drug-likeness (QED) is 0.230. The van der Waals surface area contributed by atoms with Gasteiger partial charge in [-0.1, -0.05) is 113 Å². The van der Waals surface area contributed by atoms with Crippen molar-refractivity contribution in [1.29, 1.82) is 0 Å². The van der Waals surface area contributed by atoms with Crippen molar-refractivity contribution in [2.45, 2.75) is 58.3 Å². The van der Waals surface area contributed by atoms with E-state index in [9.17, 15) is 4.57 Å². The van der Waals surface area contributed by atoms with E-state index >= 15 is 0 Å². The molecule has 0 saturated heterocycles. The zero-order valence-electron chi connectivity index (χ0n) is 17.7. The Morgan fingerprint density at radius 2 is 1.14 bits per heavy atom. The van der Waals surface area contributed by atoms with Gasteiger partial charge in [0.2, 0.25) is 7.37 Å². The molecule has 29 heavy (non-hydrogen) atoms. The third-order valence-electron chi connectivity index (χ3n) is 4.84. The molecule has 0 spiro atoms. The highest BCUT2D eigenvalue weighted by Crippen LogP contribution is 2.51. The fourth-order valence-electron chi connectivity index (χ4n) is 3.09. The molecule has 0 amide bonds. The number of rotatable bonds is 14. The minimum Gasteiger partial charge on any atom is -0.323 e. The van der Waals surface area contributed by atoms with Crippen LogP contribution in [-0.2, 0) is 9.09 Å². The summed E-state index contributed by atoms with van der Waals surface area (Å²) in [5.41, 5.74) is 2.05. The summed E-state index contributed by atoms with van der Waals surface area (Å²) < 4.78 is 19.3. The van der Waals surface area contributed by atoms with Crippen LogP contribution >= 0.6 is 7.37 Å². The summed E-state index contributed by atoms with van der Waals surface area (Å²) in [7, 11) is -2.98. The van der Waals surface area contributed by atoms with Crippen molar-refractivity contribution >= 4 is 19.5 Å². The van der Waals surface area contributed by atoms with E-state index in [1.807, 2.05) is 72.8 Å². The van der Waals surface area contributed by atoms with Gasteiger partial charge in [-0.3, -0.25) is 4.57 Å². The molecule has 0 aliphatic carbocycles. The van der Waals surface area contributed by atoms with E-state index in [0.717, 1.165) is 24.0 Å². The van der Waals surface area contributed by atoms with Gasteiger partial charge >= 0.3 is 0 Å². The fraction of sp³-hybridized carbons (Fsp3) is 0.385. The van der Waals surface area contributed by atoms with Gasteiger partial charge in [-0.15, -0.1) is 0 Å². The van der Waals surface area contributed by atoms with Crippen LogP contribution in [0, 0.1) is 0 Å². The average Bonchev–Trinajstić information content (AvgIpc) is 2.77. The van der Waals surface area contributed by atoms with Crippen LogP contribution in [0.3, 0.4) is 0 Å². The van der Waals surface area contributed by atoms with Gasteiger partial charge in [-0.2, -0.15) is 0 Å². The second-order valence-corrected chi connectivity index (χ2v) is 9.55. The number of unbranched alkanes of at least 4 members (excludes halogenated alkanes) is 7. The van der Waals surface area contributed by atoms with Crippen molar-refractivity contribution in [3.8, 4) is 0 Å². The summed E-state index contributed by atoms with van der Waals surface area (Å²) in [6, 6.07) is 19.9. The molecule has 2 aromatic carbocycles. The maximum Gasteiger partial charge on any atom is 0.247 e. The Bertz CT molecular complexity index is 712. The predicted octanol–water partition coefficient (Wildman–Crippen LogP) is 8.76. The molecule has 0 saturated carbocycles. The zero-order valence-corrected chi connectivity index (χ0v) is 18.6. The van der Waals surface area contributed by atoms with E-state index < -0.39 is 7.37 Å². The lowest BCUT2D eigenvalue weighted by Gasteiger charge is -2.11. The van der Waals surface area contributed by atoms with Gasteiger partial charge in [-0.25, -0.2) is 0 Å². The van der Waals surface area contributed by atoms with Gasteiger partial charge < -0.3 is 4.52 Å². The normalized spacial score (nSPS) is 13.8. The molecular formula is C26H35O2P. The Morgan fingerprint density at radius 3 is 1.62 bits per heavy atom. The van der Waals surface area contributed by atoms with Crippen molar-refractivity contribution in [2.24, 2.45) is 0 Å². The Kier molecular flexibility index (Phi) is 11.4. The van der Waals surface area contributed by atoms with Crippen LogP contribution in [-0.4, -0.2) is 6.61 Å². The summed E-state index contributed by atoms with van der Waals surface area (Å²) in [4.78, 5) is 0. The molecule has 0 aliphatic rings. The van der Waals surface area contributed by atoms with E-state index in [1.165, 1.54) is 38.5 Å². The molecule has 0 bridgehead atoms. The molecule has 2 nitrogen and oxygen atoms in total. The Labute approximate surface area is 177 Å². The largest absolute Gasteiger partial charge is 0.323 e. The van der Waals surface area contributed by atoms with Crippen molar-refractivity contribution in [1.82, 2.24) is 0 Å². The average molecular weight is 411 g/mol. The van der Waals surface area contributed by atoms with Gasteiger partial charge in [0.05, 0.1) is 6.61 Å². The Balaban J connectivity index is 1.88. The minimum atomic E-state index is -2.98. The molecule has 0 aromatic heterocycles. The summed E-state index contributed by atoms with van der Waals surface area (Å²) in [5, 5.41) is 0. The van der Waals surface area contributed by atoms with Crippen LogP contribution in [0.2, 0.25) is 0 Å². The molecule has 0 unspecified atom stereocenters.